The molecule has 0 fully saturated rings. The Morgan fingerprint density at radius 1 is 0.553 bits per heavy atom. The standard InChI is InChI=1S/C34H25ClO3/c35-30-23-21-26(22-24-30)32(31(36)25-13-5-1-6-14-25)38-33(37)34(27-15-7-2-8-16-27,28-17-9-3-10-18-28)29-19-11-4-12-20-29/h1-24,32H/t32-/m0/s1. The van der Waals surface area contributed by atoms with Crippen LogP contribution in [-0.4, -0.2) is 11.8 Å². The number of esters is 1. The molecule has 5 aromatic rings. The van der Waals surface area contributed by atoms with E-state index in [0.29, 0.717) is 16.1 Å². The number of ether oxygens (including phenoxy) is 1. The predicted octanol–water partition coefficient (Wildman–Crippen LogP) is 7.84. The number of benzene rings is 5. The van der Waals surface area contributed by atoms with E-state index in [-0.39, 0.29) is 5.78 Å². The molecular weight excluding hydrogens is 492 g/mol. The first-order chi connectivity index (χ1) is 18.6. The minimum atomic E-state index is -1.31. The van der Waals surface area contributed by atoms with Crippen molar-refractivity contribution < 1.29 is 14.3 Å². The summed E-state index contributed by atoms with van der Waals surface area (Å²) in [6.07, 6.45) is -1.17. The third-order valence-corrected chi connectivity index (χ3v) is 6.87. The van der Waals surface area contributed by atoms with Crippen LogP contribution in [0.15, 0.2) is 146 Å². The molecule has 0 aliphatic heterocycles. The van der Waals surface area contributed by atoms with Gasteiger partial charge in [-0.2, -0.15) is 0 Å². The van der Waals surface area contributed by atoms with Crippen LogP contribution in [0.25, 0.3) is 0 Å². The second-order valence-corrected chi connectivity index (χ2v) is 9.35. The number of rotatable bonds is 8. The van der Waals surface area contributed by atoms with Crippen molar-refractivity contribution in [2.24, 2.45) is 0 Å². The van der Waals surface area contributed by atoms with Crippen LogP contribution in [0.2, 0.25) is 5.02 Å². The fourth-order valence-electron chi connectivity index (χ4n) is 4.78. The van der Waals surface area contributed by atoms with Gasteiger partial charge in [0.1, 0.15) is 5.41 Å². The fourth-order valence-corrected chi connectivity index (χ4v) is 4.90. The highest BCUT2D eigenvalue weighted by Gasteiger charge is 2.47. The van der Waals surface area contributed by atoms with E-state index in [4.69, 9.17) is 16.3 Å². The van der Waals surface area contributed by atoms with Gasteiger partial charge in [-0.15, -0.1) is 0 Å². The molecule has 0 spiro atoms. The highest BCUT2D eigenvalue weighted by molar-refractivity contribution is 6.30. The van der Waals surface area contributed by atoms with Gasteiger partial charge in [0.2, 0.25) is 5.78 Å². The highest BCUT2D eigenvalue weighted by atomic mass is 35.5. The summed E-state index contributed by atoms with van der Waals surface area (Å²) in [6, 6.07) is 44.3. The molecule has 0 unspecified atom stereocenters. The molecule has 38 heavy (non-hydrogen) atoms. The lowest BCUT2D eigenvalue weighted by Gasteiger charge is -2.34. The molecule has 0 amide bonds. The van der Waals surface area contributed by atoms with Crippen LogP contribution in [0.5, 0.6) is 0 Å². The van der Waals surface area contributed by atoms with Crippen molar-refractivity contribution in [1.82, 2.24) is 0 Å². The van der Waals surface area contributed by atoms with Gasteiger partial charge in [-0.3, -0.25) is 9.59 Å². The topological polar surface area (TPSA) is 43.4 Å². The van der Waals surface area contributed by atoms with E-state index in [2.05, 4.69) is 0 Å². The summed E-state index contributed by atoms with van der Waals surface area (Å²) in [5, 5.41) is 0.526. The summed E-state index contributed by atoms with van der Waals surface area (Å²) in [6.45, 7) is 0. The summed E-state index contributed by atoms with van der Waals surface area (Å²) in [5.74, 6) is -0.866. The predicted molar refractivity (Wildman–Crippen MR) is 150 cm³/mol. The van der Waals surface area contributed by atoms with Crippen LogP contribution in [0.4, 0.5) is 0 Å². The van der Waals surface area contributed by atoms with Gasteiger partial charge in [-0.25, -0.2) is 0 Å². The van der Waals surface area contributed by atoms with Gasteiger partial charge in [0.15, 0.2) is 6.10 Å². The normalized spacial score (nSPS) is 11.9. The number of ketones is 1. The molecule has 0 heterocycles. The van der Waals surface area contributed by atoms with Crippen LogP contribution >= 0.6 is 11.6 Å². The smallest absolute Gasteiger partial charge is 0.326 e. The van der Waals surface area contributed by atoms with Crippen molar-refractivity contribution >= 4 is 23.4 Å². The Hall–Kier alpha value is -4.47. The fraction of sp³-hybridized carbons (Fsp3) is 0.0588. The number of hydrogen-bond acceptors (Lipinski definition) is 3. The number of carbonyl (C=O) groups excluding carboxylic acids is 2. The molecule has 0 aliphatic rings. The van der Waals surface area contributed by atoms with Crippen molar-refractivity contribution in [2.75, 3.05) is 0 Å². The first kappa shape index (κ1) is 25.2. The summed E-state index contributed by atoms with van der Waals surface area (Å²) in [7, 11) is 0. The van der Waals surface area contributed by atoms with Gasteiger partial charge < -0.3 is 4.74 Å². The zero-order valence-corrected chi connectivity index (χ0v) is 21.3. The molecule has 0 aliphatic carbocycles. The van der Waals surface area contributed by atoms with Gasteiger partial charge in [0, 0.05) is 16.1 Å². The highest BCUT2D eigenvalue weighted by Crippen LogP contribution is 2.42. The van der Waals surface area contributed by atoms with E-state index in [9.17, 15) is 9.59 Å². The Bertz CT molecular complexity index is 1400. The van der Waals surface area contributed by atoms with E-state index in [1.807, 2.05) is 97.1 Å². The lowest BCUT2D eigenvalue weighted by Crippen LogP contribution is -2.41. The Morgan fingerprint density at radius 2 is 0.947 bits per heavy atom. The number of Topliss-reactive ketones (excluding diaryl/α,β-unsaturated/α-hetero) is 1. The van der Waals surface area contributed by atoms with Gasteiger partial charge in [0.25, 0.3) is 0 Å². The Kier molecular flexibility index (Phi) is 7.48. The molecule has 0 saturated heterocycles. The van der Waals surface area contributed by atoms with Crippen molar-refractivity contribution in [3.63, 3.8) is 0 Å². The third-order valence-electron chi connectivity index (χ3n) is 6.62. The second kappa shape index (κ2) is 11.3. The van der Waals surface area contributed by atoms with Crippen LogP contribution in [0.3, 0.4) is 0 Å². The summed E-state index contributed by atoms with van der Waals surface area (Å²) in [5.41, 5.74) is 1.90. The zero-order valence-electron chi connectivity index (χ0n) is 20.5. The maximum atomic E-state index is 14.7. The number of halogens is 1. The number of hydrogen-bond donors (Lipinski definition) is 0. The van der Waals surface area contributed by atoms with Gasteiger partial charge in [-0.1, -0.05) is 145 Å². The zero-order chi connectivity index (χ0) is 26.4. The van der Waals surface area contributed by atoms with Gasteiger partial charge in [-0.05, 0) is 28.8 Å². The van der Waals surface area contributed by atoms with Crippen LogP contribution in [0, 0.1) is 0 Å². The van der Waals surface area contributed by atoms with Crippen molar-refractivity contribution in [3.8, 4) is 0 Å². The van der Waals surface area contributed by atoms with Gasteiger partial charge >= 0.3 is 5.97 Å². The largest absolute Gasteiger partial charge is 0.448 e. The number of carbonyl (C=O) groups is 2. The first-order valence-electron chi connectivity index (χ1n) is 12.3. The van der Waals surface area contributed by atoms with E-state index in [1.54, 1.807) is 48.5 Å². The molecule has 5 aromatic carbocycles. The van der Waals surface area contributed by atoms with Crippen LogP contribution < -0.4 is 0 Å². The monoisotopic (exact) mass is 516 g/mol. The van der Waals surface area contributed by atoms with Crippen LogP contribution in [-0.2, 0) is 14.9 Å². The van der Waals surface area contributed by atoms with Gasteiger partial charge in [0.05, 0.1) is 0 Å². The summed E-state index contributed by atoms with van der Waals surface area (Å²) < 4.78 is 6.29. The third kappa shape index (κ3) is 4.89. The lowest BCUT2D eigenvalue weighted by molar-refractivity contribution is -0.151. The molecule has 1 atom stereocenters. The second-order valence-electron chi connectivity index (χ2n) is 8.92. The quantitative estimate of drug-likeness (QED) is 0.120. The van der Waals surface area contributed by atoms with E-state index < -0.39 is 17.5 Å². The van der Waals surface area contributed by atoms with E-state index >= 15 is 0 Å². The minimum Gasteiger partial charge on any atom is -0.448 e. The van der Waals surface area contributed by atoms with E-state index in [0.717, 1.165) is 16.7 Å². The average Bonchev–Trinajstić information content (AvgIpc) is 2.99. The molecule has 0 aromatic heterocycles. The molecule has 0 saturated carbocycles. The maximum absolute atomic E-state index is 14.7. The molecule has 3 nitrogen and oxygen atoms in total. The Labute approximate surface area is 227 Å². The molecular formula is C34H25ClO3. The summed E-state index contributed by atoms with van der Waals surface area (Å²) >= 11 is 6.14. The Morgan fingerprint density at radius 3 is 1.37 bits per heavy atom. The Balaban J connectivity index is 1.70. The molecule has 0 radical (unpaired) electrons. The lowest BCUT2D eigenvalue weighted by atomic mass is 9.69. The molecule has 186 valence electrons. The average molecular weight is 517 g/mol. The van der Waals surface area contributed by atoms with Crippen molar-refractivity contribution in [2.45, 2.75) is 11.5 Å². The maximum Gasteiger partial charge on any atom is 0.326 e. The molecule has 5 rings (SSSR count). The van der Waals surface area contributed by atoms with Crippen molar-refractivity contribution in [1.29, 1.82) is 0 Å². The van der Waals surface area contributed by atoms with Crippen LogP contribution in [0.1, 0.15) is 38.7 Å². The van der Waals surface area contributed by atoms with Crippen molar-refractivity contribution in [3.05, 3.63) is 178 Å². The first-order valence-corrected chi connectivity index (χ1v) is 12.7. The molecule has 4 heteroatoms. The summed E-state index contributed by atoms with van der Waals surface area (Å²) in [4.78, 5) is 28.4. The molecule has 0 N–H and O–H groups in total. The minimum absolute atomic E-state index is 0.315. The molecule has 0 bridgehead atoms. The SMILES string of the molecule is O=C(c1ccccc1)[C@@H](OC(=O)C(c1ccccc1)(c1ccccc1)c1ccccc1)c1ccc(Cl)cc1. The van der Waals surface area contributed by atoms with E-state index in [1.165, 1.54) is 0 Å².